The number of carbonyl (C=O) groups is 1. The van der Waals surface area contributed by atoms with Crippen molar-refractivity contribution in [3.05, 3.63) is 53.1 Å². The zero-order chi connectivity index (χ0) is 17.5. The lowest BCUT2D eigenvalue weighted by Gasteiger charge is -2.14. The molecule has 0 fully saturated rings. The quantitative estimate of drug-likeness (QED) is 0.683. The molecular formula is C19H23NO4. The number of aliphatic hydroxyl groups is 1. The van der Waals surface area contributed by atoms with Gasteiger partial charge in [-0.2, -0.15) is 0 Å². The van der Waals surface area contributed by atoms with E-state index >= 15 is 0 Å². The van der Waals surface area contributed by atoms with Gasteiger partial charge in [-0.25, -0.2) is 0 Å². The van der Waals surface area contributed by atoms with Crippen LogP contribution in [0.15, 0.2) is 36.4 Å². The Kier molecular flexibility index (Phi) is 6.21. The summed E-state index contributed by atoms with van der Waals surface area (Å²) in [5.41, 5.74) is 3.26. The number of aromatic hydroxyl groups is 1. The molecule has 128 valence electrons. The third kappa shape index (κ3) is 4.99. The van der Waals surface area contributed by atoms with Gasteiger partial charge in [0.15, 0.2) is 0 Å². The number of phenolic OH excluding ortho intramolecular Hbond substituents is 1. The van der Waals surface area contributed by atoms with E-state index in [2.05, 4.69) is 17.4 Å². The van der Waals surface area contributed by atoms with Crippen molar-refractivity contribution in [2.24, 2.45) is 0 Å². The standard InChI is InChI=1S/C19H23NO4/c1-13-10-15(4-3-9-20-18(23)12-21)11-14(2)19(13)24-17-7-5-16(22)6-8-17/h5-8,10-11,21-22H,3-4,9,12H2,1-2H3,(H,20,23). The Morgan fingerprint density at radius 3 is 2.33 bits per heavy atom. The molecule has 0 bridgehead atoms. The van der Waals surface area contributed by atoms with Crippen LogP contribution in [0.3, 0.4) is 0 Å². The van der Waals surface area contributed by atoms with Crippen molar-refractivity contribution in [3.63, 3.8) is 0 Å². The summed E-state index contributed by atoms with van der Waals surface area (Å²) in [7, 11) is 0. The Labute approximate surface area is 141 Å². The summed E-state index contributed by atoms with van der Waals surface area (Å²) in [5, 5.41) is 20.6. The highest BCUT2D eigenvalue weighted by atomic mass is 16.5. The van der Waals surface area contributed by atoms with Gasteiger partial charge in [-0.1, -0.05) is 12.1 Å². The SMILES string of the molecule is Cc1cc(CCCNC(=O)CO)cc(C)c1Oc1ccc(O)cc1. The van der Waals surface area contributed by atoms with Crippen LogP contribution >= 0.6 is 0 Å². The molecule has 5 heteroatoms. The van der Waals surface area contributed by atoms with Crippen LogP contribution in [-0.4, -0.2) is 29.3 Å². The molecule has 3 N–H and O–H groups in total. The lowest BCUT2D eigenvalue weighted by Crippen LogP contribution is -2.27. The first-order valence-electron chi connectivity index (χ1n) is 7.94. The molecule has 0 unspecified atom stereocenters. The molecule has 0 spiro atoms. The van der Waals surface area contributed by atoms with Gasteiger partial charge in [-0.05, 0) is 67.6 Å². The molecule has 0 atom stereocenters. The van der Waals surface area contributed by atoms with E-state index < -0.39 is 6.61 Å². The van der Waals surface area contributed by atoms with Crippen molar-refractivity contribution in [2.75, 3.05) is 13.2 Å². The van der Waals surface area contributed by atoms with Gasteiger partial charge >= 0.3 is 0 Å². The van der Waals surface area contributed by atoms with Crippen LogP contribution in [0, 0.1) is 13.8 Å². The number of amides is 1. The van der Waals surface area contributed by atoms with E-state index in [4.69, 9.17) is 9.84 Å². The molecule has 1 amide bonds. The van der Waals surface area contributed by atoms with Gasteiger partial charge < -0.3 is 20.3 Å². The minimum Gasteiger partial charge on any atom is -0.508 e. The summed E-state index contributed by atoms with van der Waals surface area (Å²) < 4.78 is 5.93. The first-order chi connectivity index (χ1) is 11.5. The summed E-state index contributed by atoms with van der Waals surface area (Å²) in [6.45, 7) is 4.07. The highest BCUT2D eigenvalue weighted by Gasteiger charge is 2.08. The van der Waals surface area contributed by atoms with E-state index in [1.54, 1.807) is 24.3 Å². The minimum atomic E-state index is -0.471. The summed E-state index contributed by atoms with van der Waals surface area (Å²) in [5.74, 6) is 1.36. The highest BCUT2D eigenvalue weighted by molar-refractivity contribution is 5.76. The number of rotatable bonds is 7. The van der Waals surface area contributed by atoms with Crippen molar-refractivity contribution >= 4 is 5.91 Å². The van der Waals surface area contributed by atoms with Gasteiger partial charge in [-0.15, -0.1) is 0 Å². The van der Waals surface area contributed by atoms with Gasteiger partial charge in [0, 0.05) is 6.54 Å². The van der Waals surface area contributed by atoms with E-state index in [1.807, 2.05) is 13.8 Å². The second-order valence-corrected chi connectivity index (χ2v) is 5.77. The predicted octanol–water partition coefficient (Wildman–Crippen LogP) is 2.84. The van der Waals surface area contributed by atoms with Crippen LogP contribution in [0.1, 0.15) is 23.1 Å². The predicted molar refractivity (Wildman–Crippen MR) is 92.5 cm³/mol. The molecule has 0 saturated heterocycles. The summed E-state index contributed by atoms with van der Waals surface area (Å²) >= 11 is 0. The second-order valence-electron chi connectivity index (χ2n) is 5.77. The van der Waals surface area contributed by atoms with E-state index in [0.717, 1.165) is 29.7 Å². The van der Waals surface area contributed by atoms with E-state index in [0.29, 0.717) is 12.3 Å². The largest absolute Gasteiger partial charge is 0.508 e. The topological polar surface area (TPSA) is 78.8 Å². The fourth-order valence-corrected chi connectivity index (χ4v) is 2.55. The van der Waals surface area contributed by atoms with Crippen molar-refractivity contribution in [1.82, 2.24) is 5.32 Å². The van der Waals surface area contributed by atoms with E-state index in [9.17, 15) is 9.90 Å². The molecule has 0 heterocycles. The number of hydrogen-bond acceptors (Lipinski definition) is 4. The molecule has 24 heavy (non-hydrogen) atoms. The van der Waals surface area contributed by atoms with Crippen molar-refractivity contribution in [1.29, 1.82) is 0 Å². The summed E-state index contributed by atoms with van der Waals surface area (Å²) in [6, 6.07) is 10.8. The normalized spacial score (nSPS) is 10.5. The number of ether oxygens (including phenoxy) is 1. The molecule has 0 radical (unpaired) electrons. The Hall–Kier alpha value is -2.53. The average molecular weight is 329 g/mol. The Bertz CT molecular complexity index is 672. The van der Waals surface area contributed by atoms with Crippen molar-refractivity contribution in [3.8, 4) is 17.2 Å². The maximum absolute atomic E-state index is 11.0. The smallest absolute Gasteiger partial charge is 0.245 e. The number of aryl methyl sites for hydroxylation is 3. The lowest BCUT2D eigenvalue weighted by atomic mass is 10.0. The average Bonchev–Trinajstić information content (AvgIpc) is 2.56. The molecule has 2 aromatic carbocycles. The van der Waals surface area contributed by atoms with Gasteiger partial charge in [0.2, 0.25) is 5.91 Å². The molecule has 0 saturated carbocycles. The molecule has 2 aromatic rings. The van der Waals surface area contributed by atoms with Crippen molar-refractivity contribution in [2.45, 2.75) is 26.7 Å². The van der Waals surface area contributed by atoms with Gasteiger partial charge in [0.05, 0.1) is 0 Å². The fourth-order valence-electron chi connectivity index (χ4n) is 2.55. The Balaban J connectivity index is 2.00. The molecule has 0 aliphatic carbocycles. The molecule has 0 aromatic heterocycles. The Morgan fingerprint density at radius 2 is 1.75 bits per heavy atom. The molecule has 2 rings (SSSR count). The minimum absolute atomic E-state index is 0.208. The zero-order valence-electron chi connectivity index (χ0n) is 14.0. The fraction of sp³-hybridized carbons (Fsp3) is 0.316. The van der Waals surface area contributed by atoms with E-state index in [1.165, 1.54) is 5.56 Å². The maximum Gasteiger partial charge on any atom is 0.245 e. The molecule has 5 nitrogen and oxygen atoms in total. The maximum atomic E-state index is 11.0. The third-order valence-corrected chi connectivity index (χ3v) is 3.68. The molecule has 0 aliphatic heterocycles. The number of phenols is 1. The van der Waals surface area contributed by atoms with Crippen LogP contribution < -0.4 is 10.1 Å². The Morgan fingerprint density at radius 1 is 1.12 bits per heavy atom. The number of hydrogen-bond donors (Lipinski definition) is 3. The third-order valence-electron chi connectivity index (χ3n) is 3.68. The van der Waals surface area contributed by atoms with E-state index in [-0.39, 0.29) is 11.7 Å². The van der Waals surface area contributed by atoms with Gasteiger partial charge in [-0.3, -0.25) is 4.79 Å². The van der Waals surface area contributed by atoms with Crippen LogP contribution in [0.2, 0.25) is 0 Å². The summed E-state index contributed by atoms with van der Waals surface area (Å²) in [6.07, 6.45) is 1.65. The number of nitrogens with one attached hydrogen (secondary N) is 1. The zero-order valence-corrected chi connectivity index (χ0v) is 14.0. The lowest BCUT2D eigenvalue weighted by molar-refractivity contribution is -0.123. The van der Waals surface area contributed by atoms with Crippen LogP contribution in [-0.2, 0) is 11.2 Å². The number of aliphatic hydroxyl groups excluding tert-OH is 1. The van der Waals surface area contributed by atoms with Crippen LogP contribution in [0.5, 0.6) is 17.2 Å². The highest BCUT2D eigenvalue weighted by Crippen LogP contribution is 2.30. The van der Waals surface area contributed by atoms with Crippen molar-refractivity contribution < 1.29 is 19.7 Å². The van der Waals surface area contributed by atoms with Gasteiger partial charge in [0.25, 0.3) is 0 Å². The monoisotopic (exact) mass is 329 g/mol. The number of benzene rings is 2. The van der Waals surface area contributed by atoms with Gasteiger partial charge in [0.1, 0.15) is 23.9 Å². The van der Waals surface area contributed by atoms with Crippen LogP contribution in [0.25, 0.3) is 0 Å². The molecular weight excluding hydrogens is 306 g/mol. The first-order valence-corrected chi connectivity index (χ1v) is 7.94. The second kappa shape index (κ2) is 8.36. The van der Waals surface area contributed by atoms with Crippen LogP contribution in [0.4, 0.5) is 0 Å². The first kappa shape index (κ1) is 17.8. The summed E-state index contributed by atoms with van der Waals surface area (Å²) in [4.78, 5) is 11.0. The molecule has 0 aliphatic rings. The number of carbonyl (C=O) groups excluding carboxylic acids is 1.